The molecule has 2 N–H and O–H groups in total. The van der Waals surface area contributed by atoms with Crippen LogP contribution in [0.4, 0.5) is 5.69 Å². The number of carbonyl (C=O) groups is 3. The average Bonchev–Trinajstić information content (AvgIpc) is 3.16. The van der Waals surface area contributed by atoms with Gasteiger partial charge in [0.1, 0.15) is 0 Å². The zero-order valence-electron chi connectivity index (χ0n) is 13.8. The van der Waals surface area contributed by atoms with E-state index in [1.807, 2.05) is 37.3 Å². The second-order valence-corrected chi connectivity index (χ2v) is 5.89. The summed E-state index contributed by atoms with van der Waals surface area (Å²) in [7, 11) is 0. The third-order valence-corrected chi connectivity index (χ3v) is 4.25. The van der Waals surface area contributed by atoms with E-state index in [-0.39, 0.29) is 11.5 Å². The average molecular weight is 346 g/mol. The molecule has 0 radical (unpaired) electrons. The zero-order chi connectivity index (χ0) is 18.3. The van der Waals surface area contributed by atoms with E-state index in [1.165, 1.54) is 18.3 Å². The van der Waals surface area contributed by atoms with Crippen molar-refractivity contribution < 1.29 is 14.4 Å². The Morgan fingerprint density at radius 3 is 2.54 bits per heavy atom. The van der Waals surface area contributed by atoms with E-state index in [0.717, 1.165) is 5.69 Å². The Morgan fingerprint density at radius 2 is 1.77 bits per heavy atom. The van der Waals surface area contributed by atoms with Crippen LogP contribution in [0, 0.1) is 6.92 Å². The molecule has 7 nitrogen and oxygen atoms in total. The molecule has 4 rings (SSSR count). The van der Waals surface area contributed by atoms with Gasteiger partial charge in [-0.05, 0) is 37.3 Å². The number of amides is 3. The summed E-state index contributed by atoms with van der Waals surface area (Å²) >= 11 is 0. The van der Waals surface area contributed by atoms with E-state index >= 15 is 0 Å². The minimum Gasteiger partial charge on any atom is -0.322 e. The van der Waals surface area contributed by atoms with E-state index in [2.05, 4.69) is 15.7 Å². The van der Waals surface area contributed by atoms with Crippen molar-refractivity contribution in [3.05, 3.63) is 77.1 Å². The van der Waals surface area contributed by atoms with Crippen LogP contribution in [0.5, 0.6) is 0 Å². The highest BCUT2D eigenvalue weighted by atomic mass is 16.2. The van der Waals surface area contributed by atoms with Gasteiger partial charge in [0.05, 0.1) is 34.3 Å². The van der Waals surface area contributed by atoms with Crippen molar-refractivity contribution >= 4 is 23.4 Å². The van der Waals surface area contributed by atoms with Crippen molar-refractivity contribution in [3.8, 4) is 5.69 Å². The molecule has 1 aliphatic heterocycles. The summed E-state index contributed by atoms with van der Waals surface area (Å²) in [6, 6.07) is 14.1. The maximum Gasteiger partial charge on any atom is 0.259 e. The first-order valence-corrected chi connectivity index (χ1v) is 7.96. The van der Waals surface area contributed by atoms with Crippen LogP contribution >= 0.6 is 0 Å². The summed E-state index contributed by atoms with van der Waals surface area (Å²) in [6.07, 6.45) is 1.50. The highest BCUT2D eigenvalue weighted by Gasteiger charge is 2.27. The molecule has 0 unspecified atom stereocenters. The SMILES string of the molecule is Cc1c(C(=O)Nc2ccc3c(c2)C(=O)NC3=O)cnn1-c1ccccc1. The third-order valence-electron chi connectivity index (χ3n) is 4.25. The molecule has 0 saturated heterocycles. The molecule has 128 valence electrons. The fourth-order valence-corrected chi connectivity index (χ4v) is 2.91. The molecule has 3 aromatic rings. The van der Waals surface area contributed by atoms with Gasteiger partial charge in [-0.15, -0.1) is 0 Å². The number of para-hydroxylation sites is 1. The van der Waals surface area contributed by atoms with Gasteiger partial charge in [-0.2, -0.15) is 5.10 Å². The van der Waals surface area contributed by atoms with Gasteiger partial charge in [0.2, 0.25) is 0 Å². The Labute approximate surface area is 148 Å². The minimum absolute atomic E-state index is 0.254. The molecule has 2 aromatic carbocycles. The molecule has 0 bridgehead atoms. The van der Waals surface area contributed by atoms with Crippen LogP contribution in [0.1, 0.15) is 36.8 Å². The Morgan fingerprint density at radius 1 is 1.04 bits per heavy atom. The van der Waals surface area contributed by atoms with Crippen LogP contribution in [0.25, 0.3) is 5.69 Å². The Bertz CT molecular complexity index is 1050. The first kappa shape index (κ1) is 15.8. The Kier molecular flexibility index (Phi) is 3.62. The van der Waals surface area contributed by atoms with Gasteiger partial charge in [-0.3, -0.25) is 19.7 Å². The van der Waals surface area contributed by atoms with Gasteiger partial charge >= 0.3 is 0 Å². The lowest BCUT2D eigenvalue weighted by Gasteiger charge is -2.07. The maximum atomic E-state index is 12.6. The summed E-state index contributed by atoms with van der Waals surface area (Å²) in [5, 5.41) is 9.24. The van der Waals surface area contributed by atoms with Crippen molar-refractivity contribution in [2.75, 3.05) is 5.32 Å². The molecule has 0 atom stereocenters. The number of nitrogens with zero attached hydrogens (tertiary/aromatic N) is 2. The summed E-state index contributed by atoms with van der Waals surface area (Å²) in [6.45, 7) is 1.81. The first-order valence-electron chi connectivity index (χ1n) is 7.96. The summed E-state index contributed by atoms with van der Waals surface area (Å²) in [4.78, 5) is 35.9. The molecule has 0 fully saturated rings. The molecule has 1 aromatic heterocycles. The van der Waals surface area contributed by atoms with Crippen LogP contribution in [0.15, 0.2) is 54.7 Å². The molecule has 26 heavy (non-hydrogen) atoms. The van der Waals surface area contributed by atoms with Crippen molar-refractivity contribution in [1.29, 1.82) is 0 Å². The third kappa shape index (κ3) is 2.55. The number of hydrogen-bond donors (Lipinski definition) is 2. The Balaban J connectivity index is 1.60. The zero-order valence-corrected chi connectivity index (χ0v) is 13.8. The largest absolute Gasteiger partial charge is 0.322 e. The van der Waals surface area contributed by atoms with Gasteiger partial charge in [-0.1, -0.05) is 18.2 Å². The first-order chi connectivity index (χ1) is 12.5. The summed E-state index contributed by atoms with van der Waals surface area (Å²) < 4.78 is 1.68. The lowest BCUT2D eigenvalue weighted by atomic mass is 10.1. The number of nitrogens with one attached hydrogen (secondary N) is 2. The normalized spacial score (nSPS) is 12.7. The quantitative estimate of drug-likeness (QED) is 0.712. The van der Waals surface area contributed by atoms with Crippen LogP contribution in [0.2, 0.25) is 0 Å². The fraction of sp³-hybridized carbons (Fsp3) is 0.0526. The smallest absolute Gasteiger partial charge is 0.259 e. The number of imide groups is 1. The van der Waals surface area contributed by atoms with Crippen molar-refractivity contribution in [2.24, 2.45) is 0 Å². The number of fused-ring (bicyclic) bond motifs is 1. The number of rotatable bonds is 3. The molecule has 0 spiro atoms. The predicted octanol–water partition coefficient (Wildman–Crippen LogP) is 2.32. The van der Waals surface area contributed by atoms with Gasteiger partial charge in [-0.25, -0.2) is 4.68 Å². The van der Waals surface area contributed by atoms with Gasteiger partial charge in [0.15, 0.2) is 0 Å². The second kappa shape index (κ2) is 5.96. The number of benzene rings is 2. The molecule has 7 heteroatoms. The molecule has 0 aliphatic carbocycles. The highest BCUT2D eigenvalue weighted by Crippen LogP contribution is 2.21. The number of carbonyl (C=O) groups excluding carboxylic acids is 3. The second-order valence-electron chi connectivity index (χ2n) is 5.89. The van der Waals surface area contributed by atoms with Gasteiger partial charge in [0, 0.05) is 5.69 Å². The lowest BCUT2D eigenvalue weighted by molar-refractivity contribution is 0.0878. The van der Waals surface area contributed by atoms with Crippen molar-refractivity contribution in [1.82, 2.24) is 15.1 Å². The Hall–Kier alpha value is -3.74. The van der Waals surface area contributed by atoms with Crippen molar-refractivity contribution in [2.45, 2.75) is 6.92 Å². The fourth-order valence-electron chi connectivity index (χ4n) is 2.91. The van der Waals surface area contributed by atoms with Gasteiger partial charge < -0.3 is 5.32 Å². The topological polar surface area (TPSA) is 93.1 Å². The maximum absolute atomic E-state index is 12.6. The number of aromatic nitrogens is 2. The number of anilines is 1. The van der Waals surface area contributed by atoms with E-state index in [4.69, 9.17) is 0 Å². The molecular formula is C19H14N4O3. The van der Waals surface area contributed by atoms with Gasteiger partial charge in [0.25, 0.3) is 17.7 Å². The van der Waals surface area contributed by atoms with Crippen LogP contribution in [-0.2, 0) is 0 Å². The lowest BCUT2D eigenvalue weighted by Crippen LogP contribution is -2.19. The summed E-state index contributed by atoms with van der Waals surface area (Å²) in [5.74, 6) is -1.23. The van der Waals surface area contributed by atoms with E-state index in [0.29, 0.717) is 22.5 Å². The summed E-state index contributed by atoms with van der Waals surface area (Å²) in [5.41, 5.74) is 2.98. The molecule has 0 saturated carbocycles. The number of hydrogen-bond acceptors (Lipinski definition) is 4. The monoisotopic (exact) mass is 346 g/mol. The molecule has 2 heterocycles. The van der Waals surface area contributed by atoms with Crippen molar-refractivity contribution in [3.63, 3.8) is 0 Å². The highest BCUT2D eigenvalue weighted by molar-refractivity contribution is 6.22. The standard InChI is InChI=1S/C19H14N4O3/c1-11-16(10-20-23(11)13-5-3-2-4-6-13)19(26)21-12-7-8-14-15(9-12)18(25)22-17(14)24/h2-10H,1H3,(H,21,26)(H,22,24,25). The van der Waals surface area contributed by atoms with Crippen LogP contribution in [-0.4, -0.2) is 27.5 Å². The molecule has 1 aliphatic rings. The van der Waals surface area contributed by atoms with Crippen LogP contribution < -0.4 is 10.6 Å². The predicted molar refractivity (Wildman–Crippen MR) is 94.5 cm³/mol. The van der Waals surface area contributed by atoms with E-state index in [9.17, 15) is 14.4 Å². The molecular weight excluding hydrogens is 332 g/mol. The van der Waals surface area contributed by atoms with E-state index < -0.39 is 11.8 Å². The van der Waals surface area contributed by atoms with Crippen LogP contribution in [0.3, 0.4) is 0 Å². The molecule has 3 amide bonds. The minimum atomic E-state index is -0.464. The van der Waals surface area contributed by atoms with E-state index in [1.54, 1.807) is 10.7 Å².